The molecule has 0 aliphatic heterocycles. The van der Waals surface area contributed by atoms with Gasteiger partial charge in [0.1, 0.15) is 0 Å². The molecule has 28 heavy (non-hydrogen) atoms. The van der Waals surface area contributed by atoms with E-state index in [1.807, 2.05) is 0 Å². The van der Waals surface area contributed by atoms with Crippen LogP contribution in [0.4, 0.5) is 0 Å². The minimum atomic E-state index is 1.39. The topological polar surface area (TPSA) is 0 Å². The molecule has 0 unspecified atom stereocenters. The highest BCUT2D eigenvalue weighted by Gasteiger charge is 2.21. The molecule has 0 fully saturated rings. The van der Waals surface area contributed by atoms with Crippen LogP contribution in [-0.2, 0) is 0 Å². The van der Waals surface area contributed by atoms with Crippen LogP contribution in [0.1, 0.15) is 44.5 Å². The minimum Gasteiger partial charge on any atom is -0.0511 e. The summed E-state index contributed by atoms with van der Waals surface area (Å²) in [5.74, 6) is 0. The number of fused-ring (bicyclic) bond motifs is 2. The van der Waals surface area contributed by atoms with Gasteiger partial charge < -0.3 is 0 Å². The van der Waals surface area contributed by atoms with Crippen LogP contribution in [0.5, 0.6) is 0 Å². The van der Waals surface area contributed by atoms with E-state index < -0.39 is 0 Å². The number of aryl methyl sites for hydroxylation is 8. The van der Waals surface area contributed by atoms with Crippen LogP contribution >= 0.6 is 0 Å². The van der Waals surface area contributed by atoms with Gasteiger partial charge in [0.2, 0.25) is 0 Å². The average Bonchev–Trinajstić information content (AvgIpc) is 2.64. The number of hydrogen-bond donors (Lipinski definition) is 0. The highest BCUT2D eigenvalue weighted by atomic mass is 14.2. The molecule has 5 rings (SSSR count). The summed E-state index contributed by atoms with van der Waals surface area (Å²) in [5, 5.41) is 11.6. The van der Waals surface area contributed by atoms with E-state index in [4.69, 9.17) is 0 Å². The van der Waals surface area contributed by atoms with Crippen molar-refractivity contribution in [3.05, 3.63) is 68.8 Å². The Kier molecular flexibility index (Phi) is 3.42. The van der Waals surface area contributed by atoms with Crippen molar-refractivity contribution in [1.82, 2.24) is 0 Å². The summed E-state index contributed by atoms with van der Waals surface area (Å²) in [6.07, 6.45) is 0. The van der Waals surface area contributed by atoms with Gasteiger partial charge in [-0.3, -0.25) is 0 Å². The molecule has 0 bridgehead atoms. The Morgan fingerprint density at radius 1 is 0.321 bits per heavy atom. The van der Waals surface area contributed by atoms with Crippen LogP contribution in [0.25, 0.3) is 43.1 Å². The molecule has 0 nitrogen and oxygen atoms in total. The Labute approximate surface area is 167 Å². The molecule has 5 aromatic carbocycles. The molecule has 5 aromatic rings. The highest BCUT2D eigenvalue weighted by Crippen LogP contribution is 2.47. The summed E-state index contributed by atoms with van der Waals surface area (Å²) >= 11 is 0. The maximum absolute atomic E-state index is 2.39. The first-order valence-corrected chi connectivity index (χ1v) is 10.3. The molecule has 0 amide bonds. The van der Waals surface area contributed by atoms with Crippen LogP contribution in [0.3, 0.4) is 0 Å². The molecule has 0 aromatic heterocycles. The molecule has 0 radical (unpaired) electrons. The van der Waals surface area contributed by atoms with Crippen molar-refractivity contribution >= 4 is 43.1 Å². The lowest BCUT2D eigenvalue weighted by Crippen LogP contribution is -1.99. The molecular formula is C28H28. The van der Waals surface area contributed by atoms with Gasteiger partial charge in [-0.15, -0.1) is 0 Å². The second-order valence-electron chi connectivity index (χ2n) is 8.97. The van der Waals surface area contributed by atoms with Gasteiger partial charge in [-0.05, 0) is 143 Å². The SMILES string of the molecule is Cc1cc2cc(C)c(C)c3c4c(C)c(C)cc5cc(C)c(C)c(c(c1C)c23)c54. The Hall–Kier alpha value is -2.60. The van der Waals surface area contributed by atoms with E-state index in [1.54, 1.807) is 0 Å². The second-order valence-corrected chi connectivity index (χ2v) is 8.97. The lowest BCUT2D eigenvalue weighted by Gasteiger charge is -2.24. The van der Waals surface area contributed by atoms with Crippen LogP contribution < -0.4 is 0 Å². The predicted octanol–water partition coefficient (Wildman–Crippen LogP) is 8.20. The molecule has 0 saturated heterocycles. The van der Waals surface area contributed by atoms with E-state index in [1.165, 1.54) is 87.6 Å². The van der Waals surface area contributed by atoms with Crippen LogP contribution in [-0.4, -0.2) is 0 Å². The van der Waals surface area contributed by atoms with E-state index in [2.05, 4.69) is 79.7 Å². The predicted molar refractivity (Wildman–Crippen MR) is 126 cm³/mol. The first-order chi connectivity index (χ1) is 13.2. The monoisotopic (exact) mass is 364 g/mol. The fourth-order valence-corrected chi connectivity index (χ4v) is 5.35. The zero-order valence-corrected chi connectivity index (χ0v) is 18.3. The van der Waals surface area contributed by atoms with E-state index in [0.717, 1.165) is 0 Å². The maximum Gasteiger partial charge on any atom is -0.00204 e. The normalized spacial score (nSPS) is 12.3. The Morgan fingerprint density at radius 3 is 0.750 bits per heavy atom. The number of benzene rings is 5. The van der Waals surface area contributed by atoms with Crippen molar-refractivity contribution < 1.29 is 0 Å². The molecule has 0 spiro atoms. The van der Waals surface area contributed by atoms with Gasteiger partial charge >= 0.3 is 0 Å². The first-order valence-electron chi connectivity index (χ1n) is 10.3. The standard InChI is InChI=1S/C28H28/c1-13-9-21-10-14(2)19(7)25-26-20(8)16(4)12-22-11-15(3)18(6)24(28(22)26)23(17(13)5)27(21)25/h9-12H,1-8H3. The summed E-state index contributed by atoms with van der Waals surface area (Å²) < 4.78 is 0. The van der Waals surface area contributed by atoms with Crippen molar-refractivity contribution in [3.63, 3.8) is 0 Å². The second kappa shape index (κ2) is 5.47. The highest BCUT2D eigenvalue weighted by molar-refractivity contribution is 6.36. The zero-order chi connectivity index (χ0) is 20.1. The third-order valence-electron chi connectivity index (χ3n) is 7.43. The first kappa shape index (κ1) is 17.5. The summed E-state index contributed by atoms with van der Waals surface area (Å²) in [7, 11) is 0. The molecule has 0 aliphatic rings. The lowest BCUT2D eigenvalue weighted by molar-refractivity contribution is 1.35. The minimum absolute atomic E-state index is 1.39. The van der Waals surface area contributed by atoms with Gasteiger partial charge in [0, 0.05) is 0 Å². The zero-order valence-electron chi connectivity index (χ0n) is 18.3. The van der Waals surface area contributed by atoms with E-state index >= 15 is 0 Å². The molecule has 140 valence electrons. The van der Waals surface area contributed by atoms with E-state index in [9.17, 15) is 0 Å². The van der Waals surface area contributed by atoms with Gasteiger partial charge in [-0.2, -0.15) is 0 Å². The summed E-state index contributed by atoms with van der Waals surface area (Å²) in [6, 6.07) is 9.57. The number of hydrogen-bond acceptors (Lipinski definition) is 0. The molecular weight excluding hydrogens is 336 g/mol. The molecule has 0 saturated carbocycles. The van der Waals surface area contributed by atoms with Crippen LogP contribution in [0, 0.1) is 55.4 Å². The summed E-state index contributed by atoms with van der Waals surface area (Å²) in [6.45, 7) is 18.3. The van der Waals surface area contributed by atoms with E-state index in [0.29, 0.717) is 0 Å². The van der Waals surface area contributed by atoms with Gasteiger partial charge in [0.25, 0.3) is 0 Å². The van der Waals surface area contributed by atoms with Gasteiger partial charge in [0.05, 0.1) is 0 Å². The fraction of sp³-hybridized carbons (Fsp3) is 0.286. The quantitative estimate of drug-likeness (QED) is 0.192. The summed E-state index contributed by atoms with van der Waals surface area (Å²) in [4.78, 5) is 0. The van der Waals surface area contributed by atoms with Crippen molar-refractivity contribution in [2.75, 3.05) is 0 Å². The van der Waals surface area contributed by atoms with Crippen LogP contribution in [0.2, 0.25) is 0 Å². The van der Waals surface area contributed by atoms with Gasteiger partial charge in [0.15, 0.2) is 0 Å². The largest absolute Gasteiger partial charge is 0.0511 e. The molecule has 0 aliphatic carbocycles. The van der Waals surface area contributed by atoms with Gasteiger partial charge in [-0.25, -0.2) is 0 Å². The molecule has 0 atom stereocenters. The maximum atomic E-state index is 2.39. The Morgan fingerprint density at radius 2 is 0.536 bits per heavy atom. The van der Waals surface area contributed by atoms with E-state index in [-0.39, 0.29) is 0 Å². The number of rotatable bonds is 0. The van der Waals surface area contributed by atoms with Crippen molar-refractivity contribution in [2.24, 2.45) is 0 Å². The summed E-state index contributed by atoms with van der Waals surface area (Å²) in [5.41, 5.74) is 11.3. The van der Waals surface area contributed by atoms with Crippen molar-refractivity contribution in [3.8, 4) is 0 Å². The molecule has 0 heterocycles. The smallest absolute Gasteiger partial charge is 0.00204 e. The van der Waals surface area contributed by atoms with Crippen LogP contribution in [0.15, 0.2) is 24.3 Å². The molecule has 0 N–H and O–H groups in total. The molecule has 0 heteroatoms. The third-order valence-corrected chi connectivity index (χ3v) is 7.43. The van der Waals surface area contributed by atoms with Crippen molar-refractivity contribution in [1.29, 1.82) is 0 Å². The average molecular weight is 365 g/mol. The lowest BCUT2D eigenvalue weighted by atomic mass is 9.80. The fourth-order valence-electron chi connectivity index (χ4n) is 5.35. The Bertz CT molecular complexity index is 1240. The van der Waals surface area contributed by atoms with Crippen molar-refractivity contribution in [2.45, 2.75) is 55.4 Å². The van der Waals surface area contributed by atoms with Gasteiger partial charge in [-0.1, -0.05) is 24.3 Å². The Balaban J connectivity index is 2.38. The third kappa shape index (κ3) is 1.96.